The molecule has 152 valence electrons. The van der Waals surface area contributed by atoms with Gasteiger partial charge in [0, 0.05) is 23.3 Å². The number of rotatable bonds is 6. The van der Waals surface area contributed by atoms with Gasteiger partial charge in [0.15, 0.2) is 11.5 Å². The Hall–Kier alpha value is -3.15. The van der Waals surface area contributed by atoms with Crippen molar-refractivity contribution >= 4 is 5.91 Å². The Kier molecular flexibility index (Phi) is 4.86. The maximum atomic E-state index is 12.9. The molecule has 6 nitrogen and oxygen atoms in total. The van der Waals surface area contributed by atoms with Crippen LogP contribution in [0.2, 0.25) is 0 Å². The van der Waals surface area contributed by atoms with Gasteiger partial charge in [0.1, 0.15) is 5.76 Å². The largest absolute Gasteiger partial charge is 0.467 e. The van der Waals surface area contributed by atoms with E-state index in [9.17, 15) is 4.79 Å². The molecule has 29 heavy (non-hydrogen) atoms. The molecule has 0 radical (unpaired) electrons. The minimum Gasteiger partial charge on any atom is -0.467 e. The van der Waals surface area contributed by atoms with Gasteiger partial charge in [0.05, 0.1) is 18.4 Å². The van der Waals surface area contributed by atoms with E-state index in [2.05, 4.69) is 23.7 Å². The molecule has 4 rings (SSSR count). The number of benzene rings is 1. The Bertz CT molecular complexity index is 1030. The Morgan fingerprint density at radius 1 is 1.14 bits per heavy atom. The number of aromatic nitrogens is 1. The maximum Gasteiger partial charge on any atom is 0.253 e. The van der Waals surface area contributed by atoms with Gasteiger partial charge in [0.25, 0.3) is 5.91 Å². The lowest BCUT2D eigenvalue weighted by Gasteiger charge is -2.26. The van der Waals surface area contributed by atoms with Gasteiger partial charge >= 0.3 is 0 Å². The summed E-state index contributed by atoms with van der Waals surface area (Å²) in [7, 11) is 0. The van der Waals surface area contributed by atoms with Gasteiger partial charge in [-0.25, -0.2) is 0 Å². The minimum absolute atomic E-state index is 0.0717. The average Bonchev–Trinajstić information content (AvgIpc) is 3.43. The fourth-order valence-corrected chi connectivity index (χ4v) is 3.65. The van der Waals surface area contributed by atoms with Crippen molar-refractivity contribution in [2.24, 2.45) is 0 Å². The maximum absolute atomic E-state index is 12.9. The van der Waals surface area contributed by atoms with Gasteiger partial charge in [-0.05, 0) is 49.7 Å². The zero-order chi connectivity index (χ0) is 20.6. The molecule has 1 amide bonds. The average molecular weight is 394 g/mol. The number of nitrogens with one attached hydrogen (secondary N) is 1. The number of furan rings is 1. The van der Waals surface area contributed by atoms with Crippen molar-refractivity contribution in [2.75, 3.05) is 13.3 Å². The van der Waals surface area contributed by atoms with E-state index in [1.165, 1.54) is 0 Å². The summed E-state index contributed by atoms with van der Waals surface area (Å²) in [5.74, 6) is 2.31. The molecular formula is C23H26N2O4. The monoisotopic (exact) mass is 394 g/mol. The molecule has 0 saturated heterocycles. The summed E-state index contributed by atoms with van der Waals surface area (Å²) in [6.07, 6.45) is 1.66. The van der Waals surface area contributed by atoms with Gasteiger partial charge < -0.3 is 23.8 Å². The number of nitrogens with zero attached hydrogens (tertiary/aromatic N) is 1. The predicted octanol–water partition coefficient (Wildman–Crippen LogP) is 4.18. The van der Waals surface area contributed by atoms with Crippen molar-refractivity contribution in [1.29, 1.82) is 0 Å². The van der Waals surface area contributed by atoms with Crippen molar-refractivity contribution in [2.45, 2.75) is 39.7 Å². The summed E-state index contributed by atoms with van der Waals surface area (Å²) in [5.41, 5.74) is 3.48. The van der Waals surface area contributed by atoms with Crippen molar-refractivity contribution in [3.05, 3.63) is 70.9 Å². The van der Waals surface area contributed by atoms with Crippen LogP contribution in [0.3, 0.4) is 0 Å². The number of carbonyl (C=O) groups excluding carboxylic acids is 1. The molecule has 1 aliphatic heterocycles. The topological polar surface area (TPSA) is 65.6 Å². The molecule has 2 aromatic heterocycles. The lowest BCUT2D eigenvalue weighted by Crippen LogP contribution is -2.36. The molecule has 0 fully saturated rings. The van der Waals surface area contributed by atoms with Gasteiger partial charge in [-0.15, -0.1) is 0 Å². The summed E-state index contributed by atoms with van der Waals surface area (Å²) in [5, 5.41) is 3.10. The molecule has 0 aliphatic carbocycles. The zero-order valence-electron chi connectivity index (χ0n) is 17.2. The number of fused-ring (bicyclic) bond motifs is 1. The molecule has 1 aliphatic rings. The third-order valence-corrected chi connectivity index (χ3v) is 5.56. The number of ether oxygens (including phenoxy) is 2. The highest BCUT2D eigenvalue weighted by Gasteiger charge is 2.26. The Labute approximate surface area is 170 Å². The number of hydrogen-bond donors (Lipinski definition) is 1. The smallest absolute Gasteiger partial charge is 0.253 e. The van der Waals surface area contributed by atoms with Crippen LogP contribution < -0.4 is 14.8 Å². The molecular weight excluding hydrogens is 368 g/mol. The van der Waals surface area contributed by atoms with E-state index in [1.54, 1.807) is 6.26 Å². The van der Waals surface area contributed by atoms with Crippen molar-refractivity contribution < 1.29 is 18.7 Å². The van der Waals surface area contributed by atoms with Crippen LogP contribution >= 0.6 is 0 Å². The third-order valence-electron chi connectivity index (χ3n) is 5.56. The van der Waals surface area contributed by atoms with Crippen LogP contribution in [0.4, 0.5) is 0 Å². The number of amides is 1. The van der Waals surface area contributed by atoms with E-state index in [1.807, 2.05) is 50.2 Å². The van der Waals surface area contributed by atoms with Crippen molar-refractivity contribution in [3.63, 3.8) is 0 Å². The van der Waals surface area contributed by atoms with Crippen LogP contribution in [0.1, 0.15) is 46.9 Å². The minimum atomic E-state index is -0.254. The Morgan fingerprint density at radius 2 is 1.93 bits per heavy atom. The summed E-state index contributed by atoms with van der Waals surface area (Å²) in [4.78, 5) is 12.9. The summed E-state index contributed by atoms with van der Waals surface area (Å²) >= 11 is 0. The number of aryl methyl sites for hydroxylation is 1. The lowest BCUT2D eigenvalue weighted by atomic mass is 9.84. The molecule has 3 aromatic rings. The second-order valence-electron chi connectivity index (χ2n) is 8.08. The highest BCUT2D eigenvalue weighted by molar-refractivity contribution is 5.95. The first-order valence-corrected chi connectivity index (χ1v) is 9.72. The zero-order valence-corrected chi connectivity index (χ0v) is 17.2. The lowest BCUT2D eigenvalue weighted by molar-refractivity contribution is 0.0945. The molecule has 1 N–H and O–H groups in total. The van der Waals surface area contributed by atoms with E-state index in [-0.39, 0.29) is 18.1 Å². The standard InChI is InChI=1S/C23H26N2O4/c1-15-10-19(16(2)25(15)12-18-6-5-9-27-18)22(26)24-13-23(3,4)17-7-8-20-21(11-17)29-14-28-20/h5-11H,12-14H2,1-4H3,(H,24,26). The fourth-order valence-electron chi connectivity index (χ4n) is 3.65. The van der Waals surface area contributed by atoms with Crippen LogP contribution in [-0.4, -0.2) is 23.8 Å². The van der Waals surface area contributed by atoms with Crippen LogP contribution in [0.5, 0.6) is 11.5 Å². The Morgan fingerprint density at radius 3 is 2.69 bits per heavy atom. The van der Waals surface area contributed by atoms with E-state index < -0.39 is 0 Å². The van der Waals surface area contributed by atoms with Gasteiger partial charge in [-0.1, -0.05) is 19.9 Å². The highest BCUT2D eigenvalue weighted by Crippen LogP contribution is 2.36. The highest BCUT2D eigenvalue weighted by atomic mass is 16.7. The number of carbonyl (C=O) groups is 1. The summed E-state index contributed by atoms with van der Waals surface area (Å²) < 4.78 is 18.4. The molecule has 0 bridgehead atoms. The molecule has 3 heterocycles. The number of hydrogen-bond acceptors (Lipinski definition) is 4. The quantitative estimate of drug-likeness (QED) is 0.681. The SMILES string of the molecule is Cc1cc(C(=O)NCC(C)(C)c2ccc3c(c2)OCO3)c(C)n1Cc1ccco1. The van der Waals surface area contributed by atoms with Crippen LogP contribution in [0, 0.1) is 13.8 Å². The molecule has 0 atom stereocenters. The van der Waals surface area contributed by atoms with E-state index in [0.717, 1.165) is 34.2 Å². The Balaban J connectivity index is 1.47. The first kappa shape index (κ1) is 19.2. The third kappa shape index (κ3) is 3.75. The van der Waals surface area contributed by atoms with Crippen molar-refractivity contribution in [3.8, 4) is 11.5 Å². The second-order valence-corrected chi connectivity index (χ2v) is 8.08. The van der Waals surface area contributed by atoms with Crippen LogP contribution in [0.25, 0.3) is 0 Å². The predicted molar refractivity (Wildman–Crippen MR) is 110 cm³/mol. The van der Waals surface area contributed by atoms with Gasteiger partial charge in [-0.3, -0.25) is 4.79 Å². The normalized spacial score (nSPS) is 13.0. The first-order chi connectivity index (χ1) is 13.8. The fraction of sp³-hybridized carbons (Fsp3) is 0.348. The van der Waals surface area contributed by atoms with Gasteiger partial charge in [-0.2, -0.15) is 0 Å². The van der Waals surface area contributed by atoms with Crippen LogP contribution in [-0.2, 0) is 12.0 Å². The first-order valence-electron chi connectivity index (χ1n) is 9.72. The molecule has 0 spiro atoms. The van der Waals surface area contributed by atoms with Crippen molar-refractivity contribution in [1.82, 2.24) is 9.88 Å². The molecule has 6 heteroatoms. The summed E-state index contributed by atoms with van der Waals surface area (Å²) in [6, 6.07) is 11.7. The molecule has 1 aromatic carbocycles. The molecule has 0 unspecified atom stereocenters. The van der Waals surface area contributed by atoms with E-state index in [0.29, 0.717) is 18.7 Å². The van der Waals surface area contributed by atoms with Gasteiger partial charge in [0.2, 0.25) is 6.79 Å². The molecule has 0 saturated carbocycles. The summed E-state index contributed by atoms with van der Waals surface area (Å²) in [6.45, 7) is 9.55. The van der Waals surface area contributed by atoms with E-state index >= 15 is 0 Å². The van der Waals surface area contributed by atoms with Crippen LogP contribution in [0.15, 0.2) is 47.1 Å². The second kappa shape index (κ2) is 7.35. The van der Waals surface area contributed by atoms with E-state index in [4.69, 9.17) is 13.9 Å².